The zero-order chi connectivity index (χ0) is 22.7. The lowest BCUT2D eigenvalue weighted by Crippen LogP contribution is -2.52. The number of amides is 1. The summed E-state index contributed by atoms with van der Waals surface area (Å²) in [7, 11) is 1.67. The molecule has 2 saturated heterocycles. The van der Waals surface area contributed by atoms with E-state index in [0.717, 1.165) is 48.1 Å². The number of piperidine rings is 1. The van der Waals surface area contributed by atoms with E-state index in [-0.39, 0.29) is 23.7 Å². The molecule has 0 radical (unpaired) electrons. The lowest BCUT2D eigenvalue weighted by atomic mass is 9.80. The Hall–Kier alpha value is -2.37. The Morgan fingerprint density at radius 3 is 2.38 bits per heavy atom. The zero-order valence-corrected chi connectivity index (χ0v) is 19.7. The van der Waals surface area contributed by atoms with Crippen molar-refractivity contribution in [2.45, 2.75) is 64.3 Å². The molecule has 2 aromatic rings. The molecule has 1 spiro atoms. The van der Waals surface area contributed by atoms with Crippen LogP contribution in [0.1, 0.15) is 65.8 Å². The van der Waals surface area contributed by atoms with Crippen LogP contribution in [0, 0.1) is 13.8 Å². The molecule has 0 aromatic heterocycles. The normalized spacial score (nSPS) is 22.7. The first-order chi connectivity index (χ1) is 15.4. The first kappa shape index (κ1) is 22.8. The van der Waals surface area contributed by atoms with Gasteiger partial charge >= 0.3 is 0 Å². The summed E-state index contributed by atoms with van der Waals surface area (Å²) in [5, 5.41) is 0. The van der Waals surface area contributed by atoms with Gasteiger partial charge in [0.2, 0.25) is 0 Å². The van der Waals surface area contributed by atoms with Crippen LogP contribution in [0.15, 0.2) is 42.5 Å². The second-order valence-electron chi connectivity index (χ2n) is 9.15. The average Bonchev–Trinajstić information content (AvgIpc) is 2.79. The van der Waals surface area contributed by atoms with Crippen molar-refractivity contribution >= 4 is 5.91 Å². The van der Waals surface area contributed by atoms with E-state index in [1.165, 1.54) is 5.56 Å². The third kappa shape index (κ3) is 4.69. The lowest BCUT2D eigenvalue weighted by molar-refractivity contribution is -0.190. The Morgan fingerprint density at radius 1 is 1.12 bits per heavy atom. The molecule has 4 rings (SSSR count). The molecule has 2 aliphatic heterocycles. The number of carbonyl (C=O) groups excluding carboxylic acids is 1. The van der Waals surface area contributed by atoms with E-state index in [9.17, 15) is 4.79 Å². The van der Waals surface area contributed by atoms with Crippen molar-refractivity contribution < 1.29 is 19.0 Å². The van der Waals surface area contributed by atoms with Gasteiger partial charge in [-0.05, 0) is 62.4 Å². The summed E-state index contributed by atoms with van der Waals surface area (Å²) in [5.74, 6) is 0.939. The van der Waals surface area contributed by atoms with Crippen LogP contribution in [0.2, 0.25) is 0 Å². The summed E-state index contributed by atoms with van der Waals surface area (Å²) in [6.07, 6.45) is 3.67. The molecule has 2 aliphatic rings. The molecule has 0 saturated carbocycles. The highest BCUT2D eigenvalue weighted by Crippen LogP contribution is 2.44. The molecule has 172 valence electrons. The van der Waals surface area contributed by atoms with Gasteiger partial charge in [0, 0.05) is 38.1 Å². The van der Waals surface area contributed by atoms with Gasteiger partial charge in [-0.1, -0.05) is 30.3 Å². The van der Waals surface area contributed by atoms with Crippen LogP contribution in [-0.2, 0) is 9.47 Å². The first-order valence-corrected chi connectivity index (χ1v) is 11.7. The highest BCUT2D eigenvalue weighted by Gasteiger charge is 2.45. The number of carbonyl (C=O) groups is 1. The van der Waals surface area contributed by atoms with Crippen LogP contribution in [-0.4, -0.2) is 49.3 Å². The maximum absolute atomic E-state index is 13.2. The molecular weight excluding hydrogens is 402 g/mol. The summed E-state index contributed by atoms with van der Waals surface area (Å²) in [5.41, 5.74) is 3.69. The van der Waals surface area contributed by atoms with Gasteiger partial charge in [0.1, 0.15) is 5.75 Å². The molecule has 5 nitrogen and oxygen atoms in total. The fraction of sp³-hybridized carbons (Fsp3) is 0.519. The molecule has 0 bridgehead atoms. The third-order valence-corrected chi connectivity index (χ3v) is 6.92. The van der Waals surface area contributed by atoms with Gasteiger partial charge in [-0.15, -0.1) is 0 Å². The predicted molar refractivity (Wildman–Crippen MR) is 125 cm³/mol. The van der Waals surface area contributed by atoms with E-state index in [1.807, 2.05) is 36.9 Å². The number of rotatable bonds is 5. The summed E-state index contributed by atoms with van der Waals surface area (Å²) < 4.78 is 18.3. The topological polar surface area (TPSA) is 48.0 Å². The number of likely N-dealkylation sites (tertiary alicyclic amines) is 1. The minimum Gasteiger partial charge on any atom is -0.496 e. The van der Waals surface area contributed by atoms with Crippen molar-refractivity contribution in [3.05, 3.63) is 64.7 Å². The molecule has 1 amide bonds. The quantitative estimate of drug-likeness (QED) is 0.642. The Labute approximate surface area is 191 Å². The standard InChI is InChI=1S/C27H35NO4/c1-5-31-23-17-24(21-9-7-6-8-10-21)32-27(18-23)11-13-28(14-12-27)26(29)22-15-19(2)25(30-4)20(3)16-22/h6-10,15-16,23-24H,5,11-14,17-18H2,1-4H3/t23-,24-/m0/s1. The summed E-state index contributed by atoms with van der Waals surface area (Å²) in [6.45, 7) is 8.14. The maximum atomic E-state index is 13.2. The summed E-state index contributed by atoms with van der Waals surface area (Å²) in [6, 6.07) is 14.3. The fourth-order valence-electron chi connectivity index (χ4n) is 5.39. The van der Waals surface area contributed by atoms with E-state index >= 15 is 0 Å². The van der Waals surface area contributed by atoms with Crippen molar-refractivity contribution in [1.29, 1.82) is 0 Å². The number of aryl methyl sites for hydroxylation is 2. The van der Waals surface area contributed by atoms with Gasteiger partial charge in [0.15, 0.2) is 0 Å². The largest absolute Gasteiger partial charge is 0.496 e. The van der Waals surface area contributed by atoms with Crippen molar-refractivity contribution in [3.63, 3.8) is 0 Å². The Bertz CT molecular complexity index is 911. The first-order valence-electron chi connectivity index (χ1n) is 11.7. The van der Waals surface area contributed by atoms with Crippen molar-refractivity contribution in [3.8, 4) is 5.75 Å². The van der Waals surface area contributed by atoms with Crippen LogP contribution in [0.4, 0.5) is 0 Å². The number of hydrogen-bond acceptors (Lipinski definition) is 4. The number of ether oxygens (including phenoxy) is 3. The minimum atomic E-state index is -0.235. The summed E-state index contributed by atoms with van der Waals surface area (Å²) in [4.78, 5) is 15.2. The van der Waals surface area contributed by atoms with Crippen LogP contribution >= 0.6 is 0 Å². The highest BCUT2D eigenvalue weighted by atomic mass is 16.5. The number of nitrogens with zero attached hydrogens (tertiary/aromatic N) is 1. The average molecular weight is 438 g/mol. The highest BCUT2D eigenvalue weighted by molar-refractivity contribution is 5.95. The van der Waals surface area contributed by atoms with Crippen molar-refractivity contribution in [2.24, 2.45) is 0 Å². The maximum Gasteiger partial charge on any atom is 0.253 e. The zero-order valence-electron chi connectivity index (χ0n) is 19.7. The van der Waals surface area contributed by atoms with E-state index in [1.54, 1.807) is 7.11 Å². The molecule has 2 fully saturated rings. The lowest BCUT2D eigenvalue weighted by Gasteiger charge is -2.48. The molecular formula is C27H35NO4. The second kappa shape index (κ2) is 9.63. The van der Waals surface area contributed by atoms with E-state index in [2.05, 4.69) is 31.2 Å². The van der Waals surface area contributed by atoms with Gasteiger partial charge in [0.05, 0.1) is 24.9 Å². The van der Waals surface area contributed by atoms with Gasteiger partial charge in [0.25, 0.3) is 5.91 Å². The molecule has 2 heterocycles. The van der Waals surface area contributed by atoms with Gasteiger partial charge in [-0.25, -0.2) is 0 Å². The molecule has 0 unspecified atom stereocenters. The fourth-order valence-corrected chi connectivity index (χ4v) is 5.39. The van der Waals surface area contributed by atoms with Crippen LogP contribution in [0.3, 0.4) is 0 Å². The third-order valence-electron chi connectivity index (χ3n) is 6.92. The summed E-state index contributed by atoms with van der Waals surface area (Å²) >= 11 is 0. The molecule has 5 heteroatoms. The van der Waals surface area contributed by atoms with E-state index in [4.69, 9.17) is 14.2 Å². The molecule has 0 N–H and O–H groups in total. The number of methoxy groups -OCH3 is 1. The monoisotopic (exact) mass is 437 g/mol. The van der Waals surface area contributed by atoms with Crippen LogP contribution in [0.5, 0.6) is 5.75 Å². The van der Waals surface area contributed by atoms with Crippen LogP contribution in [0.25, 0.3) is 0 Å². The Balaban J connectivity index is 1.48. The van der Waals surface area contributed by atoms with Crippen molar-refractivity contribution in [1.82, 2.24) is 4.90 Å². The molecule has 0 aliphatic carbocycles. The second-order valence-corrected chi connectivity index (χ2v) is 9.15. The Morgan fingerprint density at radius 2 is 1.78 bits per heavy atom. The SMILES string of the molecule is CCO[C@H]1C[C@@H](c2ccccc2)OC2(CCN(C(=O)c3cc(C)c(OC)c(C)c3)CC2)C1. The van der Waals surface area contributed by atoms with Gasteiger partial charge < -0.3 is 19.1 Å². The van der Waals surface area contributed by atoms with E-state index < -0.39 is 0 Å². The number of hydrogen-bond donors (Lipinski definition) is 0. The minimum absolute atomic E-state index is 0.0376. The Kier molecular flexibility index (Phi) is 6.87. The van der Waals surface area contributed by atoms with Crippen molar-refractivity contribution in [2.75, 3.05) is 26.8 Å². The van der Waals surface area contributed by atoms with Gasteiger partial charge in [-0.3, -0.25) is 4.79 Å². The van der Waals surface area contributed by atoms with Crippen LogP contribution < -0.4 is 4.74 Å². The predicted octanol–water partition coefficient (Wildman–Crippen LogP) is 5.24. The molecule has 2 atom stereocenters. The van der Waals surface area contributed by atoms with Gasteiger partial charge in [-0.2, -0.15) is 0 Å². The molecule has 2 aromatic carbocycles. The van der Waals surface area contributed by atoms with E-state index in [0.29, 0.717) is 19.7 Å². The number of benzene rings is 2. The molecule has 32 heavy (non-hydrogen) atoms. The smallest absolute Gasteiger partial charge is 0.253 e.